The number of sulfone groups is 1. The van der Waals surface area contributed by atoms with Crippen molar-refractivity contribution in [2.75, 3.05) is 30.5 Å². The van der Waals surface area contributed by atoms with Crippen molar-refractivity contribution >= 4 is 15.7 Å². The van der Waals surface area contributed by atoms with Crippen molar-refractivity contribution in [3.63, 3.8) is 0 Å². The molecule has 17 heavy (non-hydrogen) atoms. The highest BCUT2D eigenvalue weighted by molar-refractivity contribution is 7.90. The monoisotopic (exact) mass is 256 g/mol. The first kappa shape index (κ1) is 13.5. The van der Waals surface area contributed by atoms with E-state index in [0.717, 1.165) is 0 Å². The maximum absolute atomic E-state index is 11.1. The van der Waals surface area contributed by atoms with Crippen molar-refractivity contribution in [1.29, 1.82) is 5.26 Å². The van der Waals surface area contributed by atoms with Gasteiger partial charge in [-0.3, -0.25) is 4.68 Å². The molecule has 0 amide bonds. The molecule has 0 aliphatic carbocycles. The third kappa shape index (κ3) is 3.20. The fraction of sp³-hybridized carbons (Fsp3) is 0.600. The summed E-state index contributed by atoms with van der Waals surface area (Å²) in [6, 6.07) is 2.09. The van der Waals surface area contributed by atoms with Crippen LogP contribution in [-0.2, 0) is 16.9 Å². The van der Waals surface area contributed by atoms with Gasteiger partial charge in [0, 0.05) is 26.9 Å². The molecule has 0 unspecified atom stereocenters. The molecule has 7 heteroatoms. The van der Waals surface area contributed by atoms with E-state index in [4.69, 9.17) is 5.26 Å². The Kier molecular flexibility index (Phi) is 3.78. The standard InChI is InChI=1S/C10H16N4O2S/c1-8-9(7-11)10(14(3)12-8)13(2)5-6-17(4,15)16/h5-6H2,1-4H3. The van der Waals surface area contributed by atoms with Gasteiger partial charge >= 0.3 is 0 Å². The molecule has 0 saturated heterocycles. The average molecular weight is 256 g/mol. The normalized spacial score (nSPS) is 11.2. The van der Waals surface area contributed by atoms with Crippen LogP contribution >= 0.6 is 0 Å². The van der Waals surface area contributed by atoms with Crippen LogP contribution in [0.4, 0.5) is 5.82 Å². The van der Waals surface area contributed by atoms with Gasteiger partial charge in [-0.2, -0.15) is 10.4 Å². The van der Waals surface area contributed by atoms with E-state index in [1.54, 1.807) is 30.6 Å². The van der Waals surface area contributed by atoms with Crippen LogP contribution in [0.3, 0.4) is 0 Å². The van der Waals surface area contributed by atoms with E-state index >= 15 is 0 Å². The maximum Gasteiger partial charge on any atom is 0.149 e. The fourth-order valence-electron chi connectivity index (χ4n) is 1.62. The van der Waals surface area contributed by atoms with Crippen molar-refractivity contribution < 1.29 is 8.42 Å². The van der Waals surface area contributed by atoms with Crippen molar-refractivity contribution in [3.05, 3.63) is 11.3 Å². The fourth-order valence-corrected chi connectivity index (χ4v) is 2.23. The predicted octanol–water partition coefficient (Wildman–Crippen LogP) is 0.0810. The number of aryl methyl sites for hydroxylation is 2. The smallest absolute Gasteiger partial charge is 0.149 e. The summed E-state index contributed by atoms with van der Waals surface area (Å²) >= 11 is 0. The van der Waals surface area contributed by atoms with Crippen LogP contribution < -0.4 is 4.90 Å². The number of nitrogens with zero attached hydrogens (tertiary/aromatic N) is 4. The van der Waals surface area contributed by atoms with Gasteiger partial charge in [0.05, 0.1) is 11.4 Å². The van der Waals surface area contributed by atoms with Crippen molar-refractivity contribution in [1.82, 2.24) is 9.78 Å². The van der Waals surface area contributed by atoms with Crippen LogP contribution in [0.15, 0.2) is 0 Å². The van der Waals surface area contributed by atoms with Gasteiger partial charge in [-0.25, -0.2) is 8.42 Å². The first-order chi connectivity index (χ1) is 7.76. The molecule has 0 aliphatic heterocycles. The van der Waals surface area contributed by atoms with Gasteiger partial charge in [0.25, 0.3) is 0 Å². The molecule has 1 aromatic heterocycles. The average Bonchev–Trinajstić information content (AvgIpc) is 2.48. The first-order valence-electron chi connectivity index (χ1n) is 5.09. The van der Waals surface area contributed by atoms with Crippen LogP contribution in [0.1, 0.15) is 11.3 Å². The molecule has 0 radical (unpaired) electrons. The molecule has 6 nitrogen and oxygen atoms in total. The summed E-state index contributed by atoms with van der Waals surface area (Å²) in [5.74, 6) is 0.701. The zero-order valence-corrected chi connectivity index (χ0v) is 11.2. The summed E-state index contributed by atoms with van der Waals surface area (Å²) in [5.41, 5.74) is 1.14. The van der Waals surface area contributed by atoms with E-state index in [1.165, 1.54) is 6.26 Å². The molecule has 0 bridgehead atoms. The third-order valence-corrected chi connectivity index (χ3v) is 3.39. The van der Waals surface area contributed by atoms with Crippen LogP contribution in [0, 0.1) is 18.3 Å². The number of anilines is 1. The SMILES string of the molecule is Cc1nn(C)c(N(C)CCS(C)(=O)=O)c1C#N. The van der Waals surface area contributed by atoms with E-state index in [-0.39, 0.29) is 5.75 Å². The Balaban J connectivity index is 2.97. The molecule has 0 spiro atoms. The molecule has 1 rings (SSSR count). The zero-order chi connectivity index (χ0) is 13.2. The van der Waals surface area contributed by atoms with Crippen LogP contribution in [0.5, 0.6) is 0 Å². The van der Waals surface area contributed by atoms with E-state index in [2.05, 4.69) is 11.2 Å². The second-order valence-corrected chi connectivity index (χ2v) is 6.33. The molecule has 94 valence electrons. The minimum Gasteiger partial charge on any atom is -0.358 e. The Morgan fingerprint density at radius 3 is 2.59 bits per heavy atom. The number of aromatic nitrogens is 2. The van der Waals surface area contributed by atoms with Gasteiger partial charge in [0.15, 0.2) is 0 Å². The molecule has 0 N–H and O–H groups in total. The van der Waals surface area contributed by atoms with Crippen molar-refractivity contribution in [3.8, 4) is 6.07 Å². The van der Waals surface area contributed by atoms with E-state index < -0.39 is 9.84 Å². The quantitative estimate of drug-likeness (QED) is 0.762. The minimum absolute atomic E-state index is 0.0542. The van der Waals surface area contributed by atoms with Gasteiger partial charge in [-0.05, 0) is 6.92 Å². The van der Waals surface area contributed by atoms with E-state index in [0.29, 0.717) is 23.6 Å². The summed E-state index contributed by atoms with van der Waals surface area (Å²) in [7, 11) is 0.482. The molecular weight excluding hydrogens is 240 g/mol. The number of hydrogen-bond acceptors (Lipinski definition) is 5. The lowest BCUT2D eigenvalue weighted by Gasteiger charge is -2.18. The topological polar surface area (TPSA) is 79.0 Å². The molecule has 0 aliphatic rings. The van der Waals surface area contributed by atoms with Gasteiger partial charge in [0.2, 0.25) is 0 Å². The Hall–Kier alpha value is -1.55. The molecule has 0 saturated carbocycles. The van der Waals surface area contributed by atoms with Crippen molar-refractivity contribution in [2.45, 2.75) is 6.92 Å². The Bertz CT molecular complexity index is 554. The minimum atomic E-state index is -3.01. The zero-order valence-electron chi connectivity index (χ0n) is 10.4. The first-order valence-corrected chi connectivity index (χ1v) is 7.15. The Morgan fingerprint density at radius 2 is 2.12 bits per heavy atom. The van der Waals surface area contributed by atoms with Gasteiger partial charge in [-0.1, -0.05) is 0 Å². The lowest BCUT2D eigenvalue weighted by molar-refractivity contribution is 0.600. The highest BCUT2D eigenvalue weighted by atomic mass is 32.2. The Labute approximate surface area is 101 Å². The summed E-state index contributed by atoms with van der Waals surface area (Å²) in [6.45, 7) is 2.10. The highest BCUT2D eigenvalue weighted by Gasteiger charge is 2.17. The molecule has 0 aromatic carbocycles. The number of hydrogen-bond donors (Lipinski definition) is 0. The molecular formula is C10H16N4O2S. The Morgan fingerprint density at radius 1 is 1.53 bits per heavy atom. The van der Waals surface area contributed by atoms with Crippen LogP contribution in [-0.4, -0.2) is 43.8 Å². The largest absolute Gasteiger partial charge is 0.358 e. The number of nitriles is 1. The van der Waals surface area contributed by atoms with Gasteiger partial charge in [-0.15, -0.1) is 0 Å². The van der Waals surface area contributed by atoms with Gasteiger partial charge in [0.1, 0.15) is 27.3 Å². The predicted molar refractivity (Wildman–Crippen MR) is 65.6 cm³/mol. The second-order valence-electron chi connectivity index (χ2n) is 4.07. The molecule has 1 heterocycles. The summed E-state index contributed by atoms with van der Waals surface area (Å²) in [5, 5.41) is 13.2. The molecule has 0 atom stereocenters. The van der Waals surface area contributed by atoms with Crippen molar-refractivity contribution in [2.24, 2.45) is 7.05 Å². The van der Waals surface area contributed by atoms with E-state index in [1.807, 2.05) is 0 Å². The van der Waals surface area contributed by atoms with Gasteiger partial charge < -0.3 is 4.90 Å². The molecule has 1 aromatic rings. The lowest BCUT2D eigenvalue weighted by Crippen LogP contribution is -2.27. The summed E-state index contributed by atoms with van der Waals surface area (Å²) < 4.78 is 23.8. The summed E-state index contributed by atoms with van der Waals surface area (Å²) in [4.78, 5) is 1.74. The molecule has 0 fully saturated rings. The lowest BCUT2D eigenvalue weighted by atomic mass is 10.2. The van der Waals surface area contributed by atoms with Crippen LogP contribution in [0.25, 0.3) is 0 Å². The summed E-state index contributed by atoms with van der Waals surface area (Å²) in [6.07, 6.45) is 1.19. The highest BCUT2D eigenvalue weighted by Crippen LogP contribution is 2.20. The van der Waals surface area contributed by atoms with Crippen LogP contribution in [0.2, 0.25) is 0 Å². The maximum atomic E-state index is 11.1. The number of rotatable bonds is 4. The second kappa shape index (κ2) is 4.75. The third-order valence-electron chi connectivity index (χ3n) is 2.46. The van der Waals surface area contributed by atoms with E-state index in [9.17, 15) is 8.42 Å².